The van der Waals surface area contributed by atoms with Crippen LogP contribution < -0.4 is 4.74 Å². The second-order valence-corrected chi connectivity index (χ2v) is 9.77. The number of aliphatic carboxylic acids is 1. The second-order valence-electron chi connectivity index (χ2n) is 9.77. The average Bonchev–Trinajstić information content (AvgIpc) is 3.36. The van der Waals surface area contributed by atoms with Crippen molar-refractivity contribution in [2.24, 2.45) is 11.8 Å². The van der Waals surface area contributed by atoms with Crippen molar-refractivity contribution in [1.82, 2.24) is 0 Å². The molecule has 9 atom stereocenters. The zero-order valence-corrected chi connectivity index (χ0v) is 22.7. The summed E-state index contributed by atoms with van der Waals surface area (Å²) in [5, 5.41) is 71.2. The smallest absolute Gasteiger partial charge is 0.347 e. The van der Waals surface area contributed by atoms with Gasteiger partial charge in [0.05, 0.1) is 38.6 Å². The van der Waals surface area contributed by atoms with Crippen molar-refractivity contribution < 1.29 is 78.6 Å². The minimum absolute atomic E-state index is 0.0254. The van der Waals surface area contributed by atoms with Crippen LogP contribution >= 0.6 is 0 Å². The van der Waals surface area contributed by atoms with Crippen LogP contribution in [0, 0.1) is 11.8 Å². The number of carbonyl (C=O) groups excluding carboxylic acids is 2. The van der Waals surface area contributed by atoms with E-state index in [1.807, 2.05) is 0 Å². The number of carboxylic acids is 1. The van der Waals surface area contributed by atoms with Gasteiger partial charge in [-0.15, -0.1) is 0 Å². The number of hydrogen-bond acceptors (Lipinski definition) is 15. The molecule has 0 amide bonds. The normalized spacial score (nSPS) is 33.6. The molecule has 0 aromatic heterocycles. The zero-order chi connectivity index (χ0) is 31.6. The predicted octanol–water partition coefficient (Wildman–Crippen LogP) is -1.87. The number of carbonyl (C=O) groups is 3. The maximum absolute atomic E-state index is 13.3. The monoisotopic (exact) mass is 610 g/mol. The van der Waals surface area contributed by atoms with Crippen LogP contribution in [0.1, 0.15) is 5.56 Å². The van der Waals surface area contributed by atoms with E-state index < -0.39 is 84.5 Å². The Bertz CT molecular complexity index is 1330. The standard InChI is InChI=1S/C27H30O16/c1-38-16-7-11(3-4-15(16)29)13(22(33)34)9-41-26(36)27(37)6-5-12-14(23(35)39-2)10-40-24(18(12)27)43-25-21(32)20(31)19(30)17(8-28)42-25/h3-7,9-10,12,17-21,24-25,28-32,37H,8H2,1-2H3,(H,33,34). The van der Waals surface area contributed by atoms with Gasteiger partial charge in [0.15, 0.2) is 23.4 Å². The number of aliphatic hydroxyl groups is 5. The summed E-state index contributed by atoms with van der Waals surface area (Å²) in [6.07, 6.45) is -6.42. The third-order valence-electron chi connectivity index (χ3n) is 7.30. The molecule has 16 heteroatoms. The van der Waals surface area contributed by atoms with Crippen molar-refractivity contribution in [1.29, 1.82) is 0 Å². The molecule has 2 heterocycles. The van der Waals surface area contributed by atoms with E-state index in [0.717, 1.165) is 25.5 Å². The number of benzene rings is 1. The van der Waals surface area contributed by atoms with Crippen LogP contribution in [0.3, 0.4) is 0 Å². The summed E-state index contributed by atoms with van der Waals surface area (Å²) in [7, 11) is 2.33. The summed E-state index contributed by atoms with van der Waals surface area (Å²) in [6, 6.07) is 3.56. The predicted molar refractivity (Wildman–Crippen MR) is 137 cm³/mol. The molecule has 0 saturated carbocycles. The Kier molecular flexibility index (Phi) is 9.41. The van der Waals surface area contributed by atoms with E-state index in [-0.39, 0.29) is 22.6 Å². The molecule has 3 aliphatic rings. The molecule has 4 rings (SSSR count). The van der Waals surface area contributed by atoms with E-state index in [1.165, 1.54) is 25.3 Å². The Morgan fingerprint density at radius 2 is 1.79 bits per heavy atom. The van der Waals surface area contributed by atoms with Crippen molar-refractivity contribution in [3.8, 4) is 11.5 Å². The van der Waals surface area contributed by atoms with Crippen molar-refractivity contribution >= 4 is 23.5 Å². The minimum Gasteiger partial charge on any atom is -0.504 e. The topological polar surface area (TPSA) is 248 Å². The average molecular weight is 611 g/mol. The van der Waals surface area contributed by atoms with E-state index in [4.69, 9.17) is 28.4 Å². The number of esters is 2. The number of ether oxygens (including phenoxy) is 6. The van der Waals surface area contributed by atoms with Crippen molar-refractivity contribution in [2.45, 2.75) is 42.6 Å². The SMILES string of the molecule is COC(=O)C1=COC(OC2OC(CO)C(O)C(O)C2O)C2C1C=CC2(O)C(=O)OC=C(C(=O)O)c1ccc(O)c(OC)c1. The van der Waals surface area contributed by atoms with E-state index >= 15 is 0 Å². The third kappa shape index (κ3) is 5.94. The molecule has 1 aliphatic carbocycles. The molecule has 9 unspecified atom stereocenters. The van der Waals surface area contributed by atoms with Crippen molar-refractivity contribution in [3.63, 3.8) is 0 Å². The van der Waals surface area contributed by atoms with Gasteiger partial charge < -0.3 is 64.2 Å². The maximum Gasteiger partial charge on any atom is 0.347 e. The molecular formula is C27H30O16. The second kappa shape index (κ2) is 12.7. The van der Waals surface area contributed by atoms with Crippen molar-refractivity contribution in [3.05, 3.63) is 54.0 Å². The van der Waals surface area contributed by atoms with Gasteiger partial charge in [0.2, 0.25) is 6.29 Å². The van der Waals surface area contributed by atoms with Gasteiger partial charge in [-0.3, -0.25) is 0 Å². The molecule has 234 valence electrons. The van der Waals surface area contributed by atoms with Crippen LogP contribution in [-0.2, 0) is 38.1 Å². The molecular weight excluding hydrogens is 580 g/mol. The Labute approximate surface area is 243 Å². The number of fused-ring (bicyclic) bond motifs is 1. The molecule has 7 N–H and O–H groups in total. The number of phenols is 1. The summed E-state index contributed by atoms with van der Waals surface area (Å²) in [4.78, 5) is 37.7. The van der Waals surface area contributed by atoms with Gasteiger partial charge in [0.25, 0.3) is 0 Å². The molecule has 0 bridgehead atoms. The Morgan fingerprint density at radius 1 is 1.07 bits per heavy atom. The van der Waals surface area contributed by atoms with Gasteiger partial charge in [0.1, 0.15) is 36.3 Å². The Hall–Kier alpha value is -4.03. The highest BCUT2D eigenvalue weighted by atomic mass is 16.8. The molecule has 0 spiro atoms. The number of rotatable bonds is 9. The van der Waals surface area contributed by atoms with Crippen LogP contribution in [0.25, 0.3) is 5.57 Å². The highest BCUT2D eigenvalue weighted by Crippen LogP contribution is 2.46. The number of aliphatic hydroxyl groups excluding tert-OH is 4. The van der Waals surface area contributed by atoms with Gasteiger partial charge in [-0.25, -0.2) is 14.4 Å². The van der Waals surface area contributed by atoms with Crippen LogP contribution in [0.4, 0.5) is 0 Å². The quantitative estimate of drug-likeness (QED) is 0.0700. The summed E-state index contributed by atoms with van der Waals surface area (Å²) >= 11 is 0. The number of hydrogen-bond donors (Lipinski definition) is 7. The minimum atomic E-state index is -2.64. The van der Waals surface area contributed by atoms with Gasteiger partial charge in [-0.2, -0.15) is 0 Å². The van der Waals surface area contributed by atoms with Gasteiger partial charge in [-0.05, 0) is 23.8 Å². The zero-order valence-electron chi connectivity index (χ0n) is 22.7. The number of aromatic hydroxyl groups is 1. The molecule has 0 radical (unpaired) electrons. The number of allylic oxidation sites excluding steroid dienone is 1. The van der Waals surface area contributed by atoms with Gasteiger partial charge in [-0.1, -0.05) is 12.1 Å². The molecule has 1 aromatic rings. The molecule has 16 nitrogen and oxygen atoms in total. The highest BCUT2D eigenvalue weighted by molar-refractivity contribution is 6.15. The molecule has 1 saturated heterocycles. The fourth-order valence-corrected chi connectivity index (χ4v) is 4.96. The molecule has 2 aliphatic heterocycles. The van der Waals surface area contributed by atoms with E-state index in [0.29, 0.717) is 6.26 Å². The summed E-state index contributed by atoms with van der Waals surface area (Å²) in [5.74, 6) is -6.80. The van der Waals surface area contributed by atoms with Gasteiger partial charge in [0, 0.05) is 5.92 Å². The first-order valence-corrected chi connectivity index (χ1v) is 12.7. The molecule has 1 aromatic carbocycles. The lowest BCUT2D eigenvalue weighted by atomic mass is 9.79. The lowest BCUT2D eigenvalue weighted by molar-refractivity contribution is -0.345. The third-order valence-corrected chi connectivity index (χ3v) is 7.30. The fourth-order valence-electron chi connectivity index (χ4n) is 4.96. The highest BCUT2D eigenvalue weighted by Gasteiger charge is 2.59. The van der Waals surface area contributed by atoms with Crippen molar-refractivity contribution in [2.75, 3.05) is 20.8 Å². The number of phenolic OH excluding ortho intramolecular Hbond substituents is 1. The van der Waals surface area contributed by atoms with Crippen LogP contribution in [0.2, 0.25) is 0 Å². The van der Waals surface area contributed by atoms with Crippen LogP contribution in [0.15, 0.2) is 48.4 Å². The fraction of sp³-hybridized carbons (Fsp3) is 0.444. The summed E-state index contributed by atoms with van der Waals surface area (Å²) < 4.78 is 31.3. The van der Waals surface area contributed by atoms with E-state index in [2.05, 4.69) is 0 Å². The first kappa shape index (κ1) is 31.9. The summed E-state index contributed by atoms with van der Waals surface area (Å²) in [5.41, 5.74) is -3.36. The largest absolute Gasteiger partial charge is 0.504 e. The maximum atomic E-state index is 13.3. The first-order valence-electron chi connectivity index (χ1n) is 12.7. The lowest BCUT2D eigenvalue weighted by Crippen LogP contribution is -2.61. The van der Waals surface area contributed by atoms with Gasteiger partial charge >= 0.3 is 17.9 Å². The Morgan fingerprint density at radius 3 is 2.42 bits per heavy atom. The number of carboxylic acid groups (broad SMARTS) is 1. The first-order chi connectivity index (χ1) is 20.4. The van der Waals surface area contributed by atoms with E-state index in [9.17, 15) is 50.1 Å². The molecule has 43 heavy (non-hydrogen) atoms. The Balaban J connectivity index is 1.65. The van der Waals surface area contributed by atoms with Crippen LogP contribution in [-0.4, -0.2) is 117 Å². The lowest BCUT2D eigenvalue weighted by Gasteiger charge is -2.44. The summed E-state index contributed by atoms with van der Waals surface area (Å²) in [6.45, 7) is -0.766. The van der Waals surface area contributed by atoms with E-state index in [1.54, 1.807) is 0 Å². The van der Waals surface area contributed by atoms with Crippen LogP contribution in [0.5, 0.6) is 11.5 Å². The number of methoxy groups -OCH3 is 2. The molecule has 1 fully saturated rings.